The van der Waals surface area contributed by atoms with Gasteiger partial charge in [0.05, 0.1) is 13.2 Å². The summed E-state index contributed by atoms with van der Waals surface area (Å²) in [6.07, 6.45) is 0.685. The van der Waals surface area contributed by atoms with Crippen molar-refractivity contribution in [3.63, 3.8) is 0 Å². The Morgan fingerprint density at radius 2 is 0.800 bits per heavy atom. The third-order valence-corrected chi connectivity index (χ3v) is 8.43. The fraction of sp³-hybridized carbons (Fsp3) is 0.156. The Hall–Kier alpha value is -5.29. The zero-order valence-electron chi connectivity index (χ0n) is 28.0. The van der Waals surface area contributed by atoms with Gasteiger partial charge in [-0.25, -0.2) is 0 Å². The van der Waals surface area contributed by atoms with Gasteiger partial charge in [-0.3, -0.25) is 0 Å². The van der Waals surface area contributed by atoms with Gasteiger partial charge in [-0.2, -0.15) is 0 Å². The molecule has 0 spiro atoms. The molecule has 6 aromatic carbocycles. The van der Waals surface area contributed by atoms with Crippen LogP contribution in [-0.2, 0) is 24.6 Å². The summed E-state index contributed by atoms with van der Waals surface area (Å²) in [7, 11) is 0. The van der Waals surface area contributed by atoms with E-state index in [1.54, 1.807) is 0 Å². The lowest BCUT2D eigenvalue weighted by Gasteiger charge is -2.18. The van der Waals surface area contributed by atoms with Crippen LogP contribution in [0.3, 0.4) is 0 Å². The van der Waals surface area contributed by atoms with Crippen LogP contribution in [0.25, 0.3) is 11.1 Å². The molecule has 6 rings (SSSR count). The van der Waals surface area contributed by atoms with E-state index >= 15 is 0 Å². The minimum Gasteiger partial charge on any atom is -0.491 e. The van der Waals surface area contributed by atoms with E-state index in [2.05, 4.69) is 72.8 Å². The van der Waals surface area contributed by atoms with Crippen LogP contribution < -0.4 is 14.2 Å². The van der Waals surface area contributed by atoms with Crippen LogP contribution >= 0.6 is 11.6 Å². The molecule has 0 fully saturated rings. The van der Waals surface area contributed by atoms with Crippen molar-refractivity contribution < 1.29 is 18.9 Å². The van der Waals surface area contributed by atoms with Gasteiger partial charge < -0.3 is 18.9 Å². The van der Waals surface area contributed by atoms with E-state index in [1.807, 2.05) is 91.0 Å². The molecular formula is C45H41ClO4. The monoisotopic (exact) mass is 680 g/mol. The van der Waals surface area contributed by atoms with E-state index < -0.39 is 0 Å². The van der Waals surface area contributed by atoms with Crippen molar-refractivity contribution in [1.82, 2.24) is 0 Å². The molecule has 0 amide bonds. The molecule has 5 heteroatoms. The molecule has 0 heterocycles. The summed E-state index contributed by atoms with van der Waals surface area (Å²) in [5, 5.41) is 0. The molecule has 50 heavy (non-hydrogen) atoms. The lowest BCUT2D eigenvalue weighted by atomic mass is 9.88. The molecule has 4 nitrogen and oxygen atoms in total. The van der Waals surface area contributed by atoms with Crippen LogP contribution in [-0.4, -0.2) is 19.1 Å². The van der Waals surface area contributed by atoms with Crippen LogP contribution in [0.4, 0.5) is 0 Å². The number of rotatable bonds is 17. The number of hydrogen-bond donors (Lipinski definition) is 0. The van der Waals surface area contributed by atoms with E-state index in [9.17, 15) is 0 Å². The summed E-state index contributed by atoms with van der Waals surface area (Å²) < 4.78 is 24.0. The molecule has 6 aromatic rings. The lowest BCUT2D eigenvalue weighted by Crippen LogP contribution is -2.06. The van der Waals surface area contributed by atoms with Crippen LogP contribution in [0.15, 0.2) is 164 Å². The molecule has 0 unspecified atom stereocenters. The fourth-order valence-electron chi connectivity index (χ4n) is 5.68. The van der Waals surface area contributed by atoms with Gasteiger partial charge >= 0.3 is 0 Å². The highest BCUT2D eigenvalue weighted by atomic mass is 35.5. The van der Waals surface area contributed by atoms with Gasteiger partial charge in [-0.05, 0) is 87.3 Å². The Labute approximate surface area is 300 Å². The second kappa shape index (κ2) is 18.5. The number of halogens is 1. The normalized spacial score (nSPS) is 11.5. The van der Waals surface area contributed by atoms with Gasteiger partial charge in [-0.1, -0.05) is 127 Å². The minimum atomic E-state index is 0.468. The number of allylic oxidation sites excluding steroid dienone is 1. The highest BCUT2D eigenvalue weighted by Crippen LogP contribution is 2.37. The highest BCUT2D eigenvalue weighted by Gasteiger charge is 2.15. The van der Waals surface area contributed by atoms with E-state index in [4.69, 9.17) is 30.5 Å². The fourth-order valence-corrected chi connectivity index (χ4v) is 5.86. The van der Waals surface area contributed by atoms with Crippen molar-refractivity contribution in [3.8, 4) is 17.2 Å². The summed E-state index contributed by atoms with van der Waals surface area (Å²) >= 11 is 6.48. The molecule has 0 atom stereocenters. The van der Waals surface area contributed by atoms with Crippen molar-refractivity contribution in [2.75, 3.05) is 19.1 Å². The molecule has 0 bridgehead atoms. The van der Waals surface area contributed by atoms with E-state index in [1.165, 1.54) is 0 Å². The first-order chi connectivity index (χ1) is 24.7. The molecule has 0 radical (unpaired) electrons. The van der Waals surface area contributed by atoms with Gasteiger partial charge in [0.2, 0.25) is 0 Å². The Morgan fingerprint density at radius 3 is 1.24 bits per heavy atom. The van der Waals surface area contributed by atoms with E-state index in [-0.39, 0.29) is 0 Å². The third-order valence-electron chi connectivity index (χ3n) is 8.24. The zero-order valence-corrected chi connectivity index (χ0v) is 28.8. The van der Waals surface area contributed by atoms with Gasteiger partial charge in [0.1, 0.15) is 37.1 Å². The van der Waals surface area contributed by atoms with Crippen LogP contribution in [0.5, 0.6) is 17.2 Å². The molecule has 0 N–H and O–H groups in total. The summed E-state index contributed by atoms with van der Waals surface area (Å²) in [5.74, 6) is 2.90. The Morgan fingerprint density at radius 1 is 0.400 bits per heavy atom. The molecule has 0 saturated carbocycles. The summed E-state index contributed by atoms with van der Waals surface area (Å²) in [4.78, 5) is 0. The lowest BCUT2D eigenvalue weighted by molar-refractivity contribution is 0.0889. The van der Waals surface area contributed by atoms with Crippen LogP contribution in [0.2, 0.25) is 0 Å². The summed E-state index contributed by atoms with van der Waals surface area (Å²) in [6, 6.07) is 55.4. The molecule has 0 saturated heterocycles. The third kappa shape index (κ3) is 10.1. The first-order valence-corrected chi connectivity index (χ1v) is 17.5. The Balaban J connectivity index is 1.22. The second-order valence-corrected chi connectivity index (χ2v) is 12.2. The molecule has 0 aliphatic rings. The predicted octanol–water partition coefficient (Wildman–Crippen LogP) is 11.0. The SMILES string of the molecule is ClCCC(=C(c1ccc(OCCOCc2ccccc2)cc1)c1ccc(OCc2ccccc2)cc1)c1ccc(OCc2ccccc2)cc1. The van der Waals surface area contributed by atoms with Crippen LogP contribution in [0.1, 0.15) is 39.8 Å². The maximum absolute atomic E-state index is 6.48. The number of benzene rings is 6. The van der Waals surface area contributed by atoms with Gasteiger partial charge in [0.15, 0.2) is 0 Å². The first-order valence-electron chi connectivity index (χ1n) is 16.9. The van der Waals surface area contributed by atoms with Crippen molar-refractivity contribution in [1.29, 1.82) is 0 Å². The number of hydrogen-bond acceptors (Lipinski definition) is 4. The van der Waals surface area contributed by atoms with Crippen molar-refractivity contribution >= 4 is 22.7 Å². The average molecular weight is 681 g/mol. The highest BCUT2D eigenvalue weighted by molar-refractivity contribution is 6.18. The smallest absolute Gasteiger partial charge is 0.119 e. The topological polar surface area (TPSA) is 36.9 Å². The maximum Gasteiger partial charge on any atom is 0.119 e. The van der Waals surface area contributed by atoms with E-state index in [0.29, 0.717) is 45.3 Å². The number of alkyl halides is 1. The zero-order chi connectivity index (χ0) is 34.2. The van der Waals surface area contributed by atoms with Gasteiger partial charge in [0.25, 0.3) is 0 Å². The standard InChI is InChI=1S/C45H41ClO4/c46-29-28-44(38-16-22-42(23-17-38)49-33-36-12-6-2-7-13-36)45(40-20-26-43(27-21-40)50-34-37-14-8-3-9-15-37)39-18-24-41(25-19-39)48-31-30-47-32-35-10-4-1-5-11-35/h1-27H,28-34H2. The first kappa shape index (κ1) is 34.6. The largest absolute Gasteiger partial charge is 0.491 e. The summed E-state index contributed by atoms with van der Waals surface area (Å²) in [6.45, 7) is 2.57. The van der Waals surface area contributed by atoms with Crippen LogP contribution in [0, 0.1) is 0 Å². The molecule has 0 aliphatic carbocycles. The van der Waals surface area contributed by atoms with Crippen molar-refractivity contribution in [2.24, 2.45) is 0 Å². The van der Waals surface area contributed by atoms with Gasteiger partial charge in [0, 0.05) is 5.88 Å². The summed E-state index contributed by atoms with van der Waals surface area (Å²) in [5.41, 5.74) is 8.89. The van der Waals surface area contributed by atoms with Gasteiger partial charge in [-0.15, -0.1) is 11.6 Å². The molecule has 0 aromatic heterocycles. The average Bonchev–Trinajstić information content (AvgIpc) is 3.18. The minimum absolute atomic E-state index is 0.468. The molecule has 252 valence electrons. The second-order valence-electron chi connectivity index (χ2n) is 11.8. The number of ether oxygens (including phenoxy) is 4. The molecule has 0 aliphatic heterocycles. The molecular weight excluding hydrogens is 640 g/mol. The van der Waals surface area contributed by atoms with Crippen molar-refractivity contribution in [3.05, 3.63) is 197 Å². The predicted molar refractivity (Wildman–Crippen MR) is 204 cm³/mol. The Kier molecular flexibility index (Phi) is 12.8. The Bertz CT molecular complexity index is 1890. The maximum atomic E-state index is 6.48. The quantitative estimate of drug-likeness (QED) is 0.0546. The van der Waals surface area contributed by atoms with E-state index in [0.717, 1.165) is 61.8 Å². The van der Waals surface area contributed by atoms with Crippen molar-refractivity contribution in [2.45, 2.75) is 26.2 Å².